The number of imidazole rings is 1. The van der Waals surface area contributed by atoms with Gasteiger partial charge in [-0.15, -0.1) is 0 Å². The Bertz CT molecular complexity index is 1280. The standard InChI is InChI=1S/C24H27N7O3S/c1-15(2)17-11-29(3)23(32)31(17)35-21-6-9-25-22(27-21)28-24(7-8-24)20-12-30(13-26-20)16-4-5-18-19(10-16)34-14-33-18/h4-6,9-10,12-13,15,17H,7-8,11,14H2,1-3H3,(H,25,27,28). The van der Waals surface area contributed by atoms with E-state index in [9.17, 15) is 4.79 Å². The molecule has 1 aromatic carbocycles. The van der Waals surface area contributed by atoms with E-state index in [1.165, 1.54) is 11.9 Å². The lowest BCUT2D eigenvalue weighted by molar-refractivity contribution is 0.174. The molecule has 3 aromatic rings. The number of rotatable bonds is 7. The van der Waals surface area contributed by atoms with Gasteiger partial charge in [-0.25, -0.2) is 19.7 Å². The second-order valence-electron chi connectivity index (χ2n) is 9.52. The van der Waals surface area contributed by atoms with Gasteiger partial charge in [-0.3, -0.25) is 4.31 Å². The second kappa shape index (κ2) is 8.33. The third kappa shape index (κ3) is 4.03. The molecule has 6 rings (SSSR count). The SMILES string of the molecule is CC(C)C1CN(C)C(=O)N1Sc1ccnc(NC2(c3cn(-c4ccc5c(c4)OCO5)cn3)CC2)n1. The Labute approximate surface area is 207 Å². The third-order valence-electron chi connectivity index (χ3n) is 6.70. The van der Waals surface area contributed by atoms with Crippen molar-refractivity contribution in [3.63, 3.8) is 0 Å². The molecule has 182 valence electrons. The number of fused-ring (bicyclic) bond motifs is 1. The van der Waals surface area contributed by atoms with Crippen LogP contribution in [0.15, 0.2) is 48.0 Å². The van der Waals surface area contributed by atoms with Crippen molar-refractivity contribution in [2.24, 2.45) is 5.92 Å². The van der Waals surface area contributed by atoms with E-state index in [2.05, 4.69) is 29.1 Å². The highest BCUT2D eigenvalue weighted by atomic mass is 32.2. The Hall–Kier alpha value is -3.47. The van der Waals surface area contributed by atoms with E-state index in [1.807, 2.05) is 52.7 Å². The van der Waals surface area contributed by atoms with Gasteiger partial charge in [0.25, 0.3) is 0 Å². The van der Waals surface area contributed by atoms with Gasteiger partial charge in [-0.2, -0.15) is 0 Å². The summed E-state index contributed by atoms with van der Waals surface area (Å²) in [6.07, 6.45) is 7.45. The number of nitrogens with zero attached hydrogens (tertiary/aromatic N) is 6. The van der Waals surface area contributed by atoms with E-state index in [0.717, 1.165) is 47.3 Å². The zero-order chi connectivity index (χ0) is 24.2. The second-order valence-corrected chi connectivity index (χ2v) is 10.5. The summed E-state index contributed by atoms with van der Waals surface area (Å²) < 4.78 is 14.7. The molecule has 35 heavy (non-hydrogen) atoms. The van der Waals surface area contributed by atoms with Crippen molar-refractivity contribution in [1.29, 1.82) is 0 Å². The molecular formula is C24H27N7O3S. The maximum atomic E-state index is 12.7. The van der Waals surface area contributed by atoms with Crippen LogP contribution in [0.25, 0.3) is 5.69 Å². The number of carbonyl (C=O) groups excluding carboxylic acids is 1. The Morgan fingerprint density at radius 3 is 2.80 bits per heavy atom. The van der Waals surface area contributed by atoms with Crippen LogP contribution in [0.1, 0.15) is 32.4 Å². The fourth-order valence-electron chi connectivity index (χ4n) is 4.43. The van der Waals surface area contributed by atoms with Crippen molar-refractivity contribution in [1.82, 2.24) is 28.7 Å². The highest BCUT2D eigenvalue weighted by molar-refractivity contribution is 7.97. The maximum Gasteiger partial charge on any atom is 0.330 e. The molecular weight excluding hydrogens is 466 g/mol. The predicted octanol–water partition coefficient (Wildman–Crippen LogP) is 3.89. The number of carbonyl (C=O) groups is 1. The number of amides is 2. The maximum absolute atomic E-state index is 12.7. The molecule has 1 N–H and O–H groups in total. The molecule has 10 nitrogen and oxygen atoms in total. The van der Waals surface area contributed by atoms with E-state index in [1.54, 1.807) is 11.1 Å². The van der Waals surface area contributed by atoms with Crippen LogP contribution < -0.4 is 14.8 Å². The lowest BCUT2D eigenvalue weighted by Crippen LogP contribution is -2.31. The van der Waals surface area contributed by atoms with Crippen LogP contribution in [0.4, 0.5) is 10.7 Å². The summed E-state index contributed by atoms with van der Waals surface area (Å²) in [4.78, 5) is 28.2. The van der Waals surface area contributed by atoms with Gasteiger partial charge in [-0.1, -0.05) is 13.8 Å². The average Bonchev–Trinajstić information content (AvgIpc) is 3.18. The summed E-state index contributed by atoms with van der Waals surface area (Å²) in [6, 6.07) is 7.83. The first-order chi connectivity index (χ1) is 16.9. The first kappa shape index (κ1) is 22.0. The topological polar surface area (TPSA) is 97.6 Å². The highest BCUT2D eigenvalue weighted by Crippen LogP contribution is 2.47. The van der Waals surface area contributed by atoms with Crippen molar-refractivity contribution in [3.8, 4) is 17.2 Å². The molecule has 2 fully saturated rings. The minimum absolute atomic E-state index is 0.00884. The van der Waals surface area contributed by atoms with Gasteiger partial charge in [0, 0.05) is 44.0 Å². The van der Waals surface area contributed by atoms with E-state index in [-0.39, 0.29) is 24.4 Å². The molecule has 0 spiro atoms. The summed E-state index contributed by atoms with van der Waals surface area (Å²) >= 11 is 1.38. The monoisotopic (exact) mass is 493 g/mol. The molecule has 2 aromatic heterocycles. The summed E-state index contributed by atoms with van der Waals surface area (Å²) in [7, 11) is 1.84. The Morgan fingerprint density at radius 1 is 1.17 bits per heavy atom. The van der Waals surface area contributed by atoms with Crippen LogP contribution in [0, 0.1) is 5.92 Å². The summed E-state index contributed by atoms with van der Waals surface area (Å²) in [5.41, 5.74) is 1.60. The van der Waals surface area contributed by atoms with E-state index < -0.39 is 0 Å². The first-order valence-electron chi connectivity index (χ1n) is 11.7. The molecule has 1 saturated carbocycles. The van der Waals surface area contributed by atoms with Crippen LogP contribution >= 0.6 is 11.9 Å². The fourth-order valence-corrected chi connectivity index (χ4v) is 5.54. The van der Waals surface area contributed by atoms with E-state index >= 15 is 0 Å². The average molecular weight is 494 g/mol. The highest BCUT2D eigenvalue weighted by Gasteiger charge is 2.47. The number of hydrogen-bond donors (Lipinski definition) is 1. The number of ether oxygens (including phenoxy) is 2. The number of likely N-dealkylation sites (N-methyl/N-ethyl adjacent to an activating group) is 1. The van der Waals surface area contributed by atoms with Gasteiger partial charge in [0.2, 0.25) is 12.7 Å². The zero-order valence-electron chi connectivity index (χ0n) is 19.8. The van der Waals surface area contributed by atoms with Crippen LogP contribution in [0.5, 0.6) is 11.5 Å². The Balaban J connectivity index is 1.19. The molecule has 11 heteroatoms. The van der Waals surface area contributed by atoms with Gasteiger partial charge in [0.15, 0.2) is 11.5 Å². The minimum atomic E-state index is -0.297. The fraction of sp³-hybridized carbons (Fsp3) is 0.417. The largest absolute Gasteiger partial charge is 0.454 e. The number of anilines is 1. The number of aromatic nitrogens is 4. The van der Waals surface area contributed by atoms with Gasteiger partial charge < -0.3 is 24.3 Å². The Kier molecular flexibility index (Phi) is 5.24. The van der Waals surface area contributed by atoms with Gasteiger partial charge >= 0.3 is 6.03 Å². The lowest BCUT2D eigenvalue weighted by atomic mass is 10.1. The Morgan fingerprint density at radius 2 is 2.00 bits per heavy atom. The van der Waals surface area contributed by atoms with Gasteiger partial charge in [-0.05, 0) is 37.0 Å². The predicted molar refractivity (Wildman–Crippen MR) is 131 cm³/mol. The number of urea groups is 1. The summed E-state index contributed by atoms with van der Waals surface area (Å²) in [5, 5.41) is 4.24. The molecule has 1 saturated heterocycles. The number of benzene rings is 1. The quantitative estimate of drug-likeness (QED) is 0.391. The molecule has 1 aliphatic carbocycles. The molecule has 3 aliphatic rings. The molecule has 2 aliphatic heterocycles. The molecule has 2 amide bonds. The summed E-state index contributed by atoms with van der Waals surface area (Å²) in [6.45, 7) is 5.24. The third-order valence-corrected chi connectivity index (χ3v) is 7.74. The minimum Gasteiger partial charge on any atom is -0.454 e. The zero-order valence-corrected chi connectivity index (χ0v) is 20.7. The van der Waals surface area contributed by atoms with E-state index in [4.69, 9.17) is 14.5 Å². The molecule has 1 atom stereocenters. The van der Waals surface area contributed by atoms with Crippen molar-refractivity contribution < 1.29 is 14.3 Å². The van der Waals surface area contributed by atoms with Crippen molar-refractivity contribution >= 4 is 23.9 Å². The van der Waals surface area contributed by atoms with Crippen LogP contribution in [-0.2, 0) is 5.54 Å². The molecule has 4 heterocycles. The molecule has 0 radical (unpaired) electrons. The van der Waals surface area contributed by atoms with Crippen LogP contribution in [0.3, 0.4) is 0 Å². The van der Waals surface area contributed by atoms with Crippen molar-refractivity contribution in [2.45, 2.75) is 43.3 Å². The van der Waals surface area contributed by atoms with Crippen molar-refractivity contribution in [2.75, 3.05) is 25.7 Å². The number of hydrogen-bond acceptors (Lipinski definition) is 8. The first-order valence-corrected chi connectivity index (χ1v) is 12.5. The molecule has 0 bridgehead atoms. The van der Waals surface area contributed by atoms with Gasteiger partial charge in [0.1, 0.15) is 5.03 Å². The smallest absolute Gasteiger partial charge is 0.330 e. The van der Waals surface area contributed by atoms with Gasteiger partial charge in [0.05, 0.1) is 29.3 Å². The normalized spacial score (nSPS) is 20.1. The van der Waals surface area contributed by atoms with Crippen molar-refractivity contribution in [3.05, 3.63) is 48.7 Å². The number of nitrogens with one attached hydrogen (secondary N) is 1. The lowest BCUT2D eigenvalue weighted by Gasteiger charge is -2.24. The van der Waals surface area contributed by atoms with Crippen LogP contribution in [0.2, 0.25) is 0 Å². The van der Waals surface area contributed by atoms with Crippen LogP contribution in [-0.4, -0.2) is 61.2 Å². The van der Waals surface area contributed by atoms with E-state index in [0.29, 0.717) is 11.9 Å². The summed E-state index contributed by atoms with van der Waals surface area (Å²) in [5.74, 6) is 2.38. The molecule has 1 unspecified atom stereocenters.